The SMILES string of the molecule is [C-]#[N+]/N=C(\Cc1cccnc1C)CC(CC(=O)Cc1ccc(Cl)cc1)C(C)(C)C. The molecule has 0 amide bonds. The minimum atomic E-state index is -0.0809. The first-order chi connectivity index (χ1) is 13.7. The second kappa shape index (κ2) is 10.3. The van der Waals surface area contributed by atoms with Gasteiger partial charge >= 0.3 is 0 Å². The van der Waals surface area contributed by atoms with Gasteiger partial charge in [0.15, 0.2) is 0 Å². The van der Waals surface area contributed by atoms with Gasteiger partial charge < -0.3 is 0 Å². The van der Waals surface area contributed by atoms with Crippen LogP contribution in [0.3, 0.4) is 0 Å². The Labute approximate surface area is 178 Å². The van der Waals surface area contributed by atoms with Gasteiger partial charge in [0, 0.05) is 36.2 Å². The highest BCUT2D eigenvalue weighted by Gasteiger charge is 2.29. The van der Waals surface area contributed by atoms with Crippen LogP contribution in [0.15, 0.2) is 47.7 Å². The van der Waals surface area contributed by atoms with Gasteiger partial charge in [0.2, 0.25) is 0 Å². The molecular formula is C24H28ClN3O. The average Bonchev–Trinajstić information content (AvgIpc) is 2.64. The number of halogens is 1. The molecule has 0 radical (unpaired) electrons. The summed E-state index contributed by atoms with van der Waals surface area (Å²) in [6, 6.07) is 11.3. The number of benzene rings is 1. The molecule has 5 heteroatoms. The van der Waals surface area contributed by atoms with Crippen molar-refractivity contribution in [3.05, 3.63) is 76.0 Å². The maximum absolute atomic E-state index is 12.8. The van der Waals surface area contributed by atoms with E-state index in [0.29, 0.717) is 30.7 Å². The van der Waals surface area contributed by atoms with Crippen molar-refractivity contribution in [3.63, 3.8) is 0 Å². The fourth-order valence-electron chi connectivity index (χ4n) is 3.29. The smallest absolute Gasteiger partial charge is 0.137 e. The van der Waals surface area contributed by atoms with Gasteiger partial charge in [-0.1, -0.05) is 50.6 Å². The van der Waals surface area contributed by atoms with Crippen molar-refractivity contribution >= 4 is 23.1 Å². The Morgan fingerprint density at radius 2 is 1.86 bits per heavy atom. The molecule has 1 aromatic heterocycles. The number of rotatable bonds is 8. The second-order valence-electron chi connectivity index (χ2n) is 8.50. The predicted molar refractivity (Wildman–Crippen MR) is 119 cm³/mol. The van der Waals surface area contributed by atoms with Crippen LogP contribution in [0.1, 0.15) is 50.4 Å². The van der Waals surface area contributed by atoms with Crippen molar-refractivity contribution in [1.82, 2.24) is 4.98 Å². The normalized spacial score (nSPS) is 13.0. The molecule has 2 aromatic rings. The number of carbonyl (C=O) groups is 1. The van der Waals surface area contributed by atoms with Crippen molar-refractivity contribution in [3.8, 4) is 0 Å². The van der Waals surface area contributed by atoms with E-state index in [1.165, 1.54) is 0 Å². The Morgan fingerprint density at radius 1 is 1.17 bits per heavy atom. The lowest BCUT2D eigenvalue weighted by Crippen LogP contribution is -2.27. The molecule has 0 aliphatic heterocycles. The molecule has 0 spiro atoms. The molecule has 1 heterocycles. The molecule has 0 saturated heterocycles. The summed E-state index contributed by atoms with van der Waals surface area (Å²) in [5, 5.41) is 4.74. The van der Waals surface area contributed by atoms with Crippen molar-refractivity contribution < 1.29 is 4.79 Å². The third kappa shape index (κ3) is 7.44. The predicted octanol–water partition coefficient (Wildman–Crippen LogP) is 6.12. The summed E-state index contributed by atoms with van der Waals surface area (Å²) >= 11 is 5.93. The number of aryl methyl sites for hydroxylation is 1. The van der Waals surface area contributed by atoms with Gasteiger partial charge in [0.25, 0.3) is 0 Å². The lowest BCUT2D eigenvalue weighted by atomic mass is 9.74. The van der Waals surface area contributed by atoms with Gasteiger partial charge in [-0.25, -0.2) is 0 Å². The fourth-order valence-corrected chi connectivity index (χ4v) is 3.42. The molecule has 29 heavy (non-hydrogen) atoms. The van der Waals surface area contributed by atoms with E-state index in [2.05, 4.69) is 35.8 Å². The molecule has 0 aliphatic carbocycles. The molecule has 2 rings (SSSR count). The molecule has 0 aliphatic rings. The minimum absolute atomic E-state index is 0.0809. The number of hydrogen-bond acceptors (Lipinski definition) is 3. The Hall–Kier alpha value is -2.51. The summed E-state index contributed by atoms with van der Waals surface area (Å²) in [6.07, 6.45) is 3.81. The lowest BCUT2D eigenvalue weighted by molar-refractivity contribution is -0.120. The third-order valence-electron chi connectivity index (χ3n) is 5.20. The Kier molecular flexibility index (Phi) is 8.10. The zero-order valence-corrected chi connectivity index (χ0v) is 18.3. The summed E-state index contributed by atoms with van der Waals surface area (Å²) in [5.41, 5.74) is 3.69. The van der Waals surface area contributed by atoms with Gasteiger partial charge in [-0.3, -0.25) is 9.78 Å². The second-order valence-corrected chi connectivity index (χ2v) is 8.94. The molecule has 4 nitrogen and oxygen atoms in total. The Morgan fingerprint density at radius 3 is 2.45 bits per heavy atom. The van der Waals surface area contributed by atoms with Gasteiger partial charge in [-0.05, 0) is 54.0 Å². The Bertz CT molecular complexity index is 905. The van der Waals surface area contributed by atoms with Crippen molar-refractivity contribution in [2.75, 3.05) is 0 Å². The first-order valence-electron chi connectivity index (χ1n) is 9.78. The van der Waals surface area contributed by atoms with Crippen LogP contribution in [0, 0.1) is 24.8 Å². The number of pyridine rings is 1. The highest BCUT2D eigenvalue weighted by molar-refractivity contribution is 6.30. The van der Waals surface area contributed by atoms with Crippen LogP contribution in [0.2, 0.25) is 5.02 Å². The molecule has 1 atom stereocenters. The maximum Gasteiger partial charge on any atom is 0.137 e. The largest absolute Gasteiger partial charge is 0.299 e. The van der Waals surface area contributed by atoms with Crippen LogP contribution >= 0.6 is 11.6 Å². The molecule has 0 N–H and O–H groups in total. The number of ketones is 1. The van der Waals surface area contributed by atoms with Crippen LogP contribution in [-0.2, 0) is 17.6 Å². The van der Waals surface area contributed by atoms with Crippen LogP contribution in [-0.4, -0.2) is 16.5 Å². The van der Waals surface area contributed by atoms with Crippen LogP contribution in [0.5, 0.6) is 0 Å². The summed E-state index contributed by atoms with van der Waals surface area (Å²) in [7, 11) is 0. The van der Waals surface area contributed by atoms with E-state index in [0.717, 1.165) is 22.5 Å². The molecule has 0 fully saturated rings. The summed E-state index contributed by atoms with van der Waals surface area (Å²) < 4.78 is 0. The maximum atomic E-state index is 12.8. The van der Waals surface area contributed by atoms with E-state index in [1.54, 1.807) is 6.20 Å². The Balaban J connectivity index is 2.12. The zero-order valence-electron chi connectivity index (χ0n) is 17.6. The topological polar surface area (TPSA) is 46.7 Å². The summed E-state index contributed by atoms with van der Waals surface area (Å²) in [6.45, 7) is 15.6. The van der Waals surface area contributed by atoms with Gasteiger partial charge in [0.1, 0.15) is 11.5 Å². The number of carbonyl (C=O) groups excluding carboxylic acids is 1. The lowest BCUT2D eigenvalue weighted by Gasteiger charge is -2.30. The number of Topliss-reactive ketones (excluding diaryl/α,β-unsaturated/α-hetero) is 1. The van der Waals surface area contributed by atoms with Gasteiger partial charge in [0.05, 0.1) is 5.10 Å². The van der Waals surface area contributed by atoms with Crippen LogP contribution in [0.25, 0.3) is 4.95 Å². The van der Waals surface area contributed by atoms with E-state index >= 15 is 0 Å². The first-order valence-corrected chi connectivity index (χ1v) is 10.2. The highest BCUT2D eigenvalue weighted by Crippen LogP contribution is 2.33. The van der Waals surface area contributed by atoms with E-state index in [1.807, 2.05) is 43.3 Å². The highest BCUT2D eigenvalue weighted by atomic mass is 35.5. The van der Waals surface area contributed by atoms with Crippen molar-refractivity contribution in [1.29, 1.82) is 0 Å². The minimum Gasteiger partial charge on any atom is -0.299 e. The number of hydrogen-bond donors (Lipinski definition) is 0. The molecule has 0 bridgehead atoms. The third-order valence-corrected chi connectivity index (χ3v) is 5.45. The molecule has 152 valence electrons. The van der Waals surface area contributed by atoms with Gasteiger partial charge in [-0.2, -0.15) is 6.57 Å². The molecule has 1 unspecified atom stereocenters. The fraction of sp³-hybridized carbons (Fsp3) is 0.417. The van der Waals surface area contributed by atoms with Crippen molar-refractivity contribution in [2.45, 2.75) is 53.4 Å². The van der Waals surface area contributed by atoms with E-state index in [4.69, 9.17) is 18.2 Å². The average molecular weight is 410 g/mol. The van der Waals surface area contributed by atoms with E-state index in [-0.39, 0.29) is 17.1 Å². The molecule has 0 saturated carbocycles. The number of aromatic nitrogens is 1. The summed E-state index contributed by atoms with van der Waals surface area (Å²) in [4.78, 5) is 20.4. The zero-order chi connectivity index (χ0) is 21.4. The number of nitrogens with zero attached hydrogens (tertiary/aromatic N) is 3. The standard InChI is InChI=1S/C24H28ClN3O/c1-17-19(7-6-12-27-17)14-22(28-26-5)15-20(24(2,3)4)16-23(29)13-18-8-10-21(25)11-9-18/h6-12,20H,13-16H2,1-4H3/b28-22+. The molecule has 1 aromatic carbocycles. The molecular weight excluding hydrogens is 382 g/mol. The van der Waals surface area contributed by atoms with Crippen molar-refractivity contribution in [2.24, 2.45) is 16.4 Å². The first kappa shape index (κ1) is 22.8. The van der Waals surface area contributed by atoms with E-state index in [9.17, 15) is 4.79 Å². The van der Waals surface area contributed by atoms with Gasteiger partial charge in [-0.15, -0.1) is 4.95 Å². The van der Waals surface area contributed by atoms with Crippen LogP contribution < -0.4 is 0 Å². The van der Waals surface area contributed by atoms with Crippen LogP contribution in [0.4, 0.5) is 0 Å². The van der Waals surface area contributed by atoms with E-state index < -0.39 is 0 Å². The summed E-state index contributed by atoms with van der Waals surface area (Å²) in [5.74, 6) is 0.284. The quantitative estimate of drug-likeness (QED) is 0.299. The monoisotopic (exact) mass is 409 g/mol.